The number of aromatic nitrogens is 2. The van der Waals surface area contributed by atoms with Crippen molar-refractivity contribution in [2.45, 2.75) is 13.0 Å². The summed E-state index contributed by atoms with van der Waals surface area (Å²) in [5.41, 5.74) is 1.19. The number of ether oxygens (including phenoxy) is 1. The number of aryl methyl sites for hydroxylation is 2. The van der Waals surface area contributed by atoms with Crippen molar-refractivity contribution in [3.8, 4) is 0 Å². The summed E-state index contributed by atoms with van der Waals surface area (Å²) in [6.45, 7) is 2.19. The van der Waals surface area contributed by atoms with E-state index in [2.05, 4.69) is 5.10 Å². The standard InChI is InChI=1S/C12H17N3O4/c1-7-4-9(15(3)13-7)11(16)14(2)10-6-19-5-8(10)12(17)18/h4,8,10H,5-6H2,1-3H3,(H,17,18). The van der Waals surface area contributed by atoms with E-state index in [4.69, 9.17) is 9.84 Å². The van der Waals surface area contributed by atoms with Crippen LogP contribution in [0.4, 0.5) is 0 Å². The molecule has 1 saturated heterocycles. The van der Waals surface area contributed by atoms with E-state index in [9.17, 15) is 9.59 Å². The number of nitrogens with zero attached hydrogens (tertiary/aromatic N) is 3. The van der Waals surface area contributed by atoms with Crippen LogP contribution in [0, 0.1) is 12.8 Å². The van der Waals surface area contributed by atoms with Gasteiger partial charge in [0.05, 0.1) is 24.9 Å². The Balaban J connectivity index is 2.19. The topological polar surface area (TPSA) is 84.7 Å². The fourth-order valence-corrected chi connectivity index (χ4v) is 2.30. The van der Waals surface area contributed by atoms with E-state index in [0.29, 0.717) is 5.69 Å². The predicted octanol–water partition coefficient (Wildman–Crippen LogP) is -0.0999. The highest BCUT2D eigenvalue weighted by Crippen LogP contribution is 2.20. The molecule has 2 unspecified atom stereocenters. The lowest BCUT2D eigenvalue weighted by atomic mass is 10.0. The number of rotatable bonds is 3. The van der Waals surface area contributed by atoms with Gasteiger partial charge in [-0.05, 0) is 13.0 Å². The number of carboxylic acids is 1. The quantitative estimate of drug-likeness (QED) is 0.826. The minimum Gasteiger partial charge on any atom is -0.481 e. The average molecular weight is 267 g/mol. The van der Waals surface area contributed by atoms with E-state index in [1.807, 2.05) is 0 Å². The maximum Gasteiger partial charge on any atom is 0.311 e. The maximum atomic E-state index is 12.4. The molecule has 104 valence electrons. The van der Waals surface area contributed by atoms with Gasteiger partial charge < -0.3 is 14.7 Å². The van der Waals surface area contributed by atoms with Gasteiger partial charge >= 0.3 is 5.97 Å². The van der Waals surface area contributed by atoms with Crippen LogP contribution in [0.25, 0.3) is 0 Å². The molecular weight excluding hydrogens is 250 g/mol. The van der Waals surface area contributed by atoms with Gasteiger partial charge in [0, 0.05) is 14.1 Å². The molecule has 0 aliphatic carbocycles. The number of carbonyl (C=O) groups is 2. The van der Waals surface area contributed by atoms with E-state index < -0.39 is 17.9 Å². The summed E-state index contributed by atoms with van der Waals surface area (Å²) in [4.78, 5) is 24.9. The molecule has 1 amide bonds. The molecule has 0 spiro atoms. The van der Waals surface area contributed by atoms with Gasteiger partial charge in [0.25, 0.3) is 5.91 Å². The molecule has 7 heteroatoms. The van der Waals surface area contributed by atoms with Crippen LogP contribution in [0.2, 0.25) is 0 Å². The first kappa shape index (κ1) is 13.5. The van der Waals surface area contributed by atoms with E-state index in [1.165, 1.54) is 9.58 Å². The first-order valence-corrected chi connectivity index (χ1v) is 6.00. The van der Waals surface area contributed by atoms with Gasteiger partial charge in [-0.15, -0.1) is 0 Å². The minimum atomic E-state index is -0.941. The molecule has 1 aliphatic heterocycles. The second kappa shape index (κ2) is 5.00. The Labute approximate surface area is 110 Å². The monoisotopic (exact) mass is 267 g/mol. The normalized spacial score (nSPS) is 22.5. The Morgan fingerprint density at radius 1 is 1.53 bits per heavy atom. The van der Waals surface area contributed by atoms with Gasteiger partial charge in [-0.2, -0.15) is 5.10 Å². The maximum absolute atomic E-state index is 12.4. The summed E-state index contributed by atoms with van der Waals surface area (Å²) in [6.07, 6.45) is 0. The summed E-state index contributed by atoms with van der Waals surface area (Å²) >= 11 is 0. The summed E-state index contributed by atoms with van der Waals surface area (Å²) in [7, 11) is 3.29. The second-order valence-corrected chi connectivity index (χ2v) is 4.76. The third-order valence-electron chi connectivity index (χ3n) is 3.41. The van der Waals surface area contributed by atoms with E-state index in [-0.39, 0.29) is 19.1 Å². The van der Waals surface area contributed by atoms with Crippen LogP contribution in [0.15, 0.2) is 6.07 Å². The third kappa shape index (κ3) is 2.46. The minimum absolute atomic E-state index is 0.141. The van der Waals surface area contributed by atoms with Crippen molar-refractivity contribution < 1.29 is 19.4 Å². The molecule has 2 atom stereocenters. The van der Waals surface area contributed by atoms with Gasteiger partial charge in [-0.3, -0.25) is 14.3 Å². The zero-order chi connectivity index (χ0) is 14.2. The SMILES string of the molecule is Cc1cc(C(=O)N(C)C2COCC2C(=O)O)n(C)n1. The highest BCUT2D eigenvalue weighted by atomic mass is 16.5. The summed E-state index contributed by atoms with van der Waals surface area (Å²) in [5, 5.41) is 13.2. The van der Waals surface area contributed by atoms with Crippen molar-refractivity contribution in [3.63, 3.8) is 0 Å². The third-order valence-corrected chi connectivity index (χ3v) is 3.41. The lowest BCUT2D eigenvalue weighted by molar-refractivity contribution is -0.142. The van der Waals surface area contributed by atoms with Crippen LogP contribution in [-0.2, 0) is 16.6 Å². The van der Waals surface area contributed by atoms with Crippen LogP contribution >= 0.6 is 0 Å². The lowest BCUT2D eigenvalue weighted by Gasteiger charge is -2.26. The first-order chi connectivity index (χ1) is 8.91. The largest absolute Gasteiger partial charge is 0.481 e. The molecular formula is C12H17N3O4. The Morgan fingerprint density at radius 3 is 2.74 bits per heavy atom. The molecule has 0 bridgehead atoms. The number of carboxylic acid groups (broad SMARTS) is 1. The van der Waals surface area contributed by atoms with Gasteiger partial charge in [0.15, 0.2) is 0 Å². The van der Waals surface area contributed by atoms with Gasteiger partial charge in [-0.1, -0.05) is 0 Å². The average Bonchev–Trinajstić information content (AvgIpc) is 2.93. The summed E-state index contributed by atoms with van der Waals surface area (Å²) in [6, 6.07) is 1.24. The second-order valence-electron chi connectivity index (χ2n) is 4.76. The Kier molecular flexibility index (Phi) is 3.57. The molecule has 1 aliphatic rings. The fourth-order valence-electron chi connectivity index (χ4n) is 2.30. The Bertz CT molecular complexity index is 511. The van der Waals surface area contributed by atoms with Crippen molar-refractivity contribution in [2.24, 2.45) is 13.0 Å². The van der Waals surface area contributed by atoms with Crippen LogP contribution < -0.4 is 0 Å². The molecule has 2 rings (SSSR count). The van der Waals surface area contributed by atoms with Crippen LogP contribution in [0.3, 0.4) is 0 Å². The van der Waals surface area contributed by atoms with Crippen molar-refractivity contribution >= 4 is 11.9 Å². The van der Waals surface area contributed by atoms with Crippen molar-refractivity contribution in [2.75, 3.05) is 20.3 Å². The molecule has 19 heavy (non-hydrogen) atoms. The molecule has 1 N–H and O–H groups in total. The fraction of sp³-hybridized carbons (Fsp3) is 0.583. The van der Waals surface area contributed by atoms with Crippen LogP contribution in [-0.4, -0.2) is 58.0 Å². The number of amides is 1. The lowest BCUT2D eigenvalue weighted by Crippen LogP contribution is -2.44. The Morgan fingerprint density at radius 2 is 2.21 bits per heavy atom. The van der Waals surface area contributed by atoms with Crippen molar-refractivity contribution in [1.82, 2.24) is 14.7 Å². The highest BCUT2D eigenvalue weighted by molar-refractivity contribution is 5.93. The molecule has 0 saturated carbocycles. The summed E-state index contributed by atoms with van der Waals surface area (Å²) < 4.78 is 6.68. The molecule has 2 heterocycles. The number of carbonyl (C=O) groups excluding carboxylic acids is 1. The molecule has 1 aromatic heterocycles. The van der Waals surface area contributed by atoms with Crippen molar-refractivity contribution in [1.29, 1.82) is 0 Å². The van der Waals surface area contributed by atoms with Gasteiger partial charge in [0.2, 0.25) is 0 Å². The number of aliphatic carboxylic acids is 1. The molecule has 0 radical (unpaired) electrons. The molecule has 0 aromatic carbocycles. The molecule has 1 fully saturated rings. The van der Waals surface area contributed by atoms with Crippen molar-refractivity contribution in [3.05, 3.63) is 17.5 Å². The highest BCUT2D eigenvalue weighted by Gasteiger charge is 2.39. The smallest absolute Gasteiger partial charge is 0.311 e. The first-order valence-electron chi connectivity index (χ1n) is 6.00. The number of likely N-dealkylation sites (N-methyl/N-ethyl adjacent to an activating group) is 1. The van der Waals surface area contributed by atoms with Crippen LogP contribution in [0.5, 0.6) is 0 Å². The predicted molar refractivity (Wildman–Crippen MR) is 65.8 cm³/mol. The van der Waals surface area contributed by atoms with Gasteiger partial charge in [-0.25, -0.2) is 0 Å². The zero-order valence-corrected chi connectivity index (χ0v) is 11.2. The van der Waals surface area contributed by atoms with Crippen LogP contribution in [0.1, 0.15) is 16.2 Å². The molecule has 7 nitrogen and oxygen atoms in total. The molecule has 1 aromatic rings. The zero-order valence-electron chi connectivity index (χ0n) is 11.2. The van der Waals surface area contributed by atoms with E-state index in [1.54, 1.807) is 27.1 Å². The summed E-state index contributed by atoms with van der Waals surface area (Å²) in [5.74, 6) is -1.86. The van der Waals surface area contributed by atoms with E-state index >= 15 is 0 Å². The number of hydrogen-bond donors (Lipinski definition) is 1. The number of hydrogen-bond acceptors (Lipinski definition) is 4. The van der Waals surface area contributed by atoms with E-state index in [0.717, 1.165) is 5.69 Å². The van der Waals surface area contributed by atoms with Gasteiger partial charge in [0.1, 0.15) is 11.6 Å². The Hall–Kier alpha value is -1.89.